The van der Waals surface area contributed by atoms with Gasteiger partial charge in [0.25, 0.3) is 0 Å². The number of hydrogen-bond donors (Lipinski definition) is 1. The minimum Gasteiger partial charge on any atom is -0.476 e. The summed E-state index contributed by atoms with van der Waals surface area (Å²) in [5.41, 5.74) is 2.28. The quantitative estimate of drug-likeness (QED) is 0.924. The second-order valence-electron chi connectivity index (χ2n) is 4.44. The Kier molecular flexibility index (Phi) is 2.89. The fraction of sp³-hybridized carbons (Fsp3) is 0.231. The van der Waals surface area contributed by atoms with Gasteiger partial charge in [-0.1, -0.05) is 0 Å². The molecule has 19 heavy (non-hydrogen) atoms. The third-order valence-corrected chi connectivity index (χ3v) is 3.92. The molecular formula is C13H10BrFN2O2. The van der Waals surface area contributed by atoms with E-state index in [9.17, 15) is 9.18 Å². The van der Waals surface area contributed by atoms with E-state index in [0.717, 1.165) is 30.5 Å². The van der Waals surface area contributed by atoms with Gasteiger partial charge < -0.3 is 5.11 Å². The third kappa shape index (κ3) is 1.96. The molecule has 0 bridgehead atoms. The first-order valence-electron chi connectivity index (χ1n) is 5.87. The minimum absolute atomic E-state index is 0.0795. The lowest BCUT2D eigenvalue weighted by Crippen LogP contribution is -2.04. The minimum atomic E-state index is -1.03. The summed E-state index contributed by atoms with van der Waals surface area (Å²) < 4.78 is 15.5. The van der Waals surface area contributed by atoms with Crippen molar-refractivity contribution in [3.05, 3.63) is 45.4 Å². The Bertz CT molecular complexity index is 682. The number of carbonyl (C=O) groups is 1. The molecule has 2 aromatic rings. The number of nitrogens with zero attached hydrogens (tertiary/aromatic N) is 2. The second kappa shape index (κ2) is 4.45. The molecule has 1 N–H and O–H groups in total. The maximum Gasteiger partial charge on any atom is 0.356 e. The predicted octanol–water partition coefficient (Wildman–Crippen LogP) is 2.96. The number of rotatable bonds is 2. The van der Waals surface area contributed by atoms with Crippen molar-refractivity contribution in [2.45, 2.75) is 19.3 Å². The van der Waals surface area contributed by atoms with Crippen LogP contribution >= 0.6 is 15.9 Å². The molecule has 1 heterocycles. The van der Waals surface area contributed by atoms with Crippen LogP contribution < -0.4 is 0 Å². The Balaban J connectivity index is 2.18. The number of benzene rings is 1. The van der Waals surface area contributed by atoms with Gasteiger partial charge in [0.2, 0.25) is 0 Å². The molecule has 4 nitrogen and oxygen atoms in total. The van der Waals surface area contributed by atoms with Gasteiger partial charge in [0, 0.05) is 17.3 Å². The van der Waals surface area contributed by atoms with Crippen LogP contribution in [0.4, 0.5) is 4.39 Å². The van der Waals surface area contributed by atoms with Gasteiger partial charge >= 0.3 is 5.97 Å². The molecular weight excluding hydrogens is 315 g/mol. The highest BCUT2D eigenvalue weighted by Gasteiger charge is 2.26. The van der Waals surface area contributed by atoms with E-state index in [4.69, 9.17) is 5.11 Å². The molecule has 1 aliphatic rings. The first-order chi connectivity index (χ1) is 9.08. The van der Waals surface area contributed by atoms with E-state index in [2.05, 4.69) is 21.0 Å². The Morgan fingerprint density at radius 1 is 1.42 bits per heavy atom. The standard InChI is InChI=1S/C13H10BrFN2O2/c14-9-5-4-7(6-10(9)15)17-11-3-1-2-8(11)12(16-17)13(18)19/h4-6H,1-3H2,(H,18,19). The van der Waals surface area contributed by atoms with Gasteiger partial charge in [0.1, 0.15) is 5.82 Å². The largest absolute Gasteiger partial charge is 0.476 e. The van der Waals surface area contributed by atoms with Gasteiger partial charge in [-0.25, -0.2) is 13.9 Å². The zero-order valence-electron chi connectivity index (χ0n) is 9.86. The maximum atomic E-state index is 13.6. The van der Waals surface area contributed by atoms with Crippen molar-refractivity contribution in [3.63, 3.8) is 0 Å². The summed E-state index contributed by atoms with van der Waals surface area (Å²) in [4.78, 5) is 11.2. The molecule has 0 amide bonds. The maximum absolute atomic E-state index is 13.6. The smallest absolute Gasteiger partial charge is 0.356 e. The molecule has 3 rings (SSSR count). The molecule has 1 aliphatic carbocycles. The van der Waals surface area contributed by atoms with Crippen LogP contribution in [-0.4, -0.2) is 20.9 Å². The van der Waals surface area contributed by atoms with E-state index in [1.54, 1.807) is 16.8 Å². The van der Waals surface area contributed by atoms with Gasteiger partial charge in [-0.05, 0) is 47.3 Å². The first kappa shape index (κ1) is 12.3. The van der Waals surface area contributed by atoms with E-state index in [1.807, 2.05) is 0 Å². The fourth-order valence-electron chi connectivity index (χ4n) is 2.44. The van der Waals surface area contributed by atoms with Crippen molar-refractivity contribution >= 4 is 21.9 Å². The SMILES string of the molecule is O=C(O)c1nn(-c2ccc(Br)c(F)c2)c2c1CCC2. The Morgan fingerprint density at radius 2 is 2.21 bits per heavy atom. The van der Waals surface area contributed by atoms with Crippen molar-refractivity contribution in [2.24, 2.45) is 0 Å². The molecule has 98 valence electrons. The third-order valence-electron chi connectivity index (χ3n) is 3.28. The average Bonchev–Trinajstić information content (AvgIpc) is 2.93. The molecule has 0 unspecified atom stereocenters. The highest BCUT2D eigenvalue weighted by molar-refractivity contribution is 9.10. The summed E-state index contributed by atoms with van der Waals surface area (Å²) in [6.07, 6.45) is 2.40. The van der Waals surface area contributed by atoms with Crippen LogP contribution in [0.5, 0.6) is 0 Å². The summed E-state index contributed by atoms with van der Waals surface area (Å²) >= 11 is 3.09. The normalized spacial score (nSPS) is 13.6. The number of halogens is 2. The lowest BCUT2D eigenvalue weighted by atomic mass is 10.2. The van der Waals surface area contributed by atoms with E-state index in [0.29, 0.717) is 10.2 Å². The van der Waals surface area contributed by atoms with Crippen LogP contribution in [0.3, 0.4) is 0 Å². The molecule has 0 radical (unpaired) electrons. The Morgan fingerprint density at radius 3 is 2.89 bits per heavy atom. The zero-order chi connectivity index (χ0) is 13.6. The monoisotopic (exact) mass is 324 g/mol. The number of fused-ring (bicyclic) bond motifs is 1. The van der Waals surface area contributed by atoms with Crippen molar-refractivity contribution < 1.29 is 14.3 Å². The molecule has 0 aliphatic heterocycles. The second-order valence-corrected chi connectivity index (χ2v) is 5.30. The van der Waals surface area contributed by atoms with Crippen molar-refractivity contribution in [2.75, 3.05) is 0 Å². The van der Waals surface area contributed by atoms with Gasteiger partial charge in [0.15, 0.2) is 5.69 Å². The van der Waals surface area contributed by atoms with Gasteiger partial charge in [-0.15, -0.1) is 0 Å². The van der Waals surface area contributed by atoms with E-state index < -0.39 is 11.8 Å². The lowest BCUT2D eigenvalue weighted by Gasteiger charge is -2.06. The fourth-order valence-corrected chi connectivity index (χ4v) is 2.69. The van der Waals surface area contributed by atoms with Crippen LogP contribution in [0.2, 0.25) is 0 Å². The van der Waals surface area contributed by atoms with Gasteiger partial charge in [-0.3, -0.25) is 0 Å². The van der Waals surface area contributed by atoms with Crippen LogP contribution in [0.15, 0.2) is 22.7 Å². The van der Waals surface area contributed by atoms with Crippen molar-refractivity contribution in [1.82, 2.24) is 9.78 Å². The first-order valence-corrected chi connectivity index (χ1v) is 6.66. The van der Waals surface area contributed by atoms with Crippen LogP contribution in [0.1, 0.15) is 28.2 Å². The molecule has 0 saturated heterocycles. The summed E-state index contributed by atoms with van der Waals surface area (Å²) in [6.45, 7) is 0. The summed E-state index contributed by atoms with van der Waals surface area (Å²) in [5, 5.41) is 13.3. The molecule has 1 aromatic heterocycles. The number of hydrogen-bond acceptors (Lipinski definition) is 2. The lowest BCUT2D eigenvalue weighted by molar-refractivity contribution is 0.0689. The van der Waals surface area contributed by atoms with E-state index >= 15 is 0 Å². The Hall–Kier alpha value is -1.69. The van der Waals surface area contributed by atoms with Crippen molar-refractivity contribution in [1.29, 1.82) is 0 Å². The van der Waals surface area contributed by atoms with Gasteiger partial charge in [-0.2, -0.15) is 5.10 Å². The average molecular weight is 325 g/mol. The molecule has 0 fully saturated rings. The van der Waals surface area contributed by atoms with Crippen LogP contribution in [0.25, 0.3) is 5.69 Å². The summed E-state index contributed by atoms with van der Waals surface area (Å²) in [5.74, 6) is -1.42. The Labute approximate surface area is 117 Å². The van der Waals surface area contributed by atoms with Crippen molar-refractivity contribution in [3.8, 4) is 5.69 Å². The number of aromatic carboxylic acids is 1. The van der Waals surface area contributed by atoms with Crippen LogP contribution in [-0.2, 0) is 12.8 Å². The molecule has 0 spiro atoms. The van der Waals surface area contributed by atoms with Gasteiger partial charge in [0.05, 0.1) is 10.2 Å². The topological polar surface area (TPSA) is 55.1 Å². The number of carboxylic acids is 1. The number of carboxylic acid groups (broad SMARTS) is 1. The highest BCUT2D eigenvalue weighted by Crippen LogP contribution is 2.28. The van der Waals surface area contributed by atoms with E-state index in [-0.39, 0.29) is 5.69 Å². The number of aromatic nitrogens is 2. The zero-order valence-corrected chi connectivity index (χ0v) is 11.4. The molecule has 6 heteroatoms. The molecule has 0 atom stereocenters. The molecule has 0 saturated carbocycles. The van der Waals surface area contributed by atoms with E-state index in [1.165, 1.54) is 6.07 Å². The van der Waals surface area contributed by atoms with Crippen LogP contribution in [0, 0.1) is 5.82 Å². The summed E-state index contributed by atoms with van der Waals surface area (Å²) in [6, 6.07) is 4.65. The highest BCUT2D eigenvalue weighted by atomic mass is 79.9. The summed E-state index contributed by atoms with van der Waals surface area (Å²) in [7, 11) is 0. The predicted molar refractivity (Wildman–Crippen MR) is 70.2 cm³/mol. The molecule has 1 aromatic carbocycles.